The van der Waals surface area contributed by atoms with E-state index in [1.54, 1.807) is 12.1 Å². The van der Waals surface area contributed by atoms with Gasteiger partial charge in [-0.25, -0.2) is 13.1 Å². The molecule has 0 aliphatic rings. The number of hydrogen-bond donors (Lipinski definition) is 1. The van der Waals surface area contributed by atoms with Crippen molar-refractivity contribution >= 4 is 21.6 Å². The largest absolute Gasteiger partial charge is 0.240 e. The third-order valence-corrected chi connectivity index (χ3v) is 4.09. The van der Waals surface area contributed by atoms with Crippen LogP contribution in [0.1, 0.15) is 26.3 Å². The minimum atomic E-state index is -3.42. The lowest BCUT2D eigenvalue weighted by molar-refractivity contribution is 0.411. The molecular formula is C12H18ClNO2S. The number of halogens is 1. The van der Waals surface area contributed by atoms with E-state index in [1.165, 1.54) is 13.1 Å². The van der Waals surface area contributed by atoms with E-state index in [0.29, 0.717) is 5.02 Å². The molecule has 1 aromatic carbocycles. The zero-order chi connectivity index (χ0) is 13.3. The lowest BCUT2D eigenvalue weighted by Crippen LogP contribution is -2.18. The average Bonchev–Trinajstić information content (AvgIpc) is 2.19. The molecule has 0 saturated carbocycles. The van der Waals surface area contributed by atoms with Crippen molar-refractivity contribution in [3.05, 3.63) is 28.8 Å². The lowest BCUT2D eigenvalue weighted by atomic mass is 9.88. The highest BCUT2D eigenvalue weighted by Crippen LogP contribution is 2.27. The quantitative estimate of drug-likeness (QED) is 0.922. The first-order valence-corrected chi connectivity index (χ1v) is 7.24. The summed E-state index contributed by atoms with van der Waals surface area (Å²) >= 11 is 6.11. The second kappa shape index (κ2) is 4.96. The van der Waals surface area contributed by atoms with E-state index in [-0.39, 0.29) is 10.3 Å². The van der Waals surface area contributed by atoms with E-state index in [9.17, 15) is 8.42 Å². The van der Waals surface area contributed by atoms with E-state index in [2.05, 4.69) is 25.5 Å². The Morgan fingerprint density at radius 2 is 1.88 bits per heavy atom. The molecule has 0 radical (unpaired) electrons. The Bertz CT molecular complexity index is 504. The summed E-state index contributed by atoms with van der Waals surface area (Å²) in [5.41, 5.74) is 1.08. The van der Waals surface area contributed by atoms with Crippen LogP contribution in [0.25, 0.3) is 0 Å². The van der Waals surface area contributed by atoms with Gasteiger partial charge in [0.1, 0.15) is 0 Å². The van der Waals surface area contributed by atoms with E-state index < -0.39 is 10.0 Å². The Labute approximate surface area is 108 Å². The van der Waals surface area contributed by atoms with Gasteiger partial charge in [-0.15, -0.1) is 0 Å². The molecule has 0 heterocycles. The molecule has 0 spiro atoms. The smallest absolute Gasteiger partial charge is 0.214 e. The van der Waals surface area contributed by atoms with Crippen LogP contribution in [-0.2, 0) is 16.4 Å². The van der Waals surface area contributed by atoms with Gasteiger partial charge in [-0.2, -0.15) is 0 Å². The van der Waals surface area contributed by atoms with Gasteiger partial charge in [0.05, 0.1) is 4.90 Å². The Kier molecular flexibility index (Phi) is 4.23. The fraction of sp³-hybridized carbons (Fsp3) is 0.500. The third-order valence-electron chi connectivity index (χ3n) is 2.32. The molecule has 0 atom stereocenters. The summed E-state index contributed by atoms with van der Waals surface area (Å²) in [5.74, 6) is 0. The van der Waals surface area contributed by atoms with Crippen LogP contribution >= 0.6 is 11.6 Å². The van der Waals surface area contributed by atoms with Crippen molar-refractivity contribution in [2.75, 3.05) is 7.05 Å². The van der Waals surface area contributed by atoms with Gasteiger partial charge in [-0.3, -0.25) is 0 Å². The first kappa shape index (κ1) is 14.5. The predicted octanol–water partition coefficient (Wildman–Crippen LogP) is 2.84. The van der Waals surface area contributed by atoms with Crippen LogP contribution in [-0.4, -0.2) is 15.5 Å². The molecule has 0 saturated heterocycles. The third kappa shape index (κ3) is 3.98. The number of nitrogens with one attached hydrogen (secondary N) is 1. The molecule has 1 rings (SSSR count). The van der Waals surface area contributed by atoms with Gasteiger partial charge in [0.2, 0.25) is 10.0 Å². The van der Waals surface area contributed by atoms with Gasteiger partial charge in [-0.05, 0) is 36.6 Å². The maximum absolute atomic E-state index is 11.6. The zero-order valence-corrected chi connectivity index (χ0v) is 12.1. The molecule has 1 aromatic rings. The topological polar surface area (TPSA) is 46.2 Å². The molecule has 0 aromatic heterocycles. The van der Waals surface area contributed by atoms with E-state index in [4.69, 9.17) is 11.6 Å². The van der Waals surface area contributed by atoms with Crippen LogP contribution in [0.15, 0.2) is 23.1 Å². The van der Waals surface area contributed by atoms with Gasteiger partial charge in [0, 0.05) is 5.02 Å². The monoisotopic (exact) mass is 275 g/mol. The fourth-order valence-corrected chi connectivity index (χ4v) is 2.60. The SMILES string of the molecule is CNS(=O)(=O)c1ccc(CC(C)(C)C)c(Cl)c1. The van der Waals surface area contributed by atoms with Crippen molar-refractivity contribution < 1.29 is 8.42 Å². The molecule has 1 N–H and O–H groups in total. The van der Waals surface area contributed by atoms with Gasteiger partial charge in [0.25, 0.3) is 0 Å². The summed E-state index contributed by atoms with van der Waals surface area (Å²) in [6.45, 7) is 6.34. The molecule has 96 valence electrons. The van der Waals surface area contributed by atoms with Crippen LogP contribution in [0.5, 0.6) is 0 Å². The second-order valence-electron chi connectivity index (χ2n) is 5.20. The first-order chi connectivity index (χ1) is 7.65. The van der Waals surface area contributed by atoms with E-state index >= 15 is 0 Å². The molecule has 3 nitrogen and oxygen atoms in total. The van der Waals surface area contributed by atoms with Crippen LogP contribution in [0.4, 0.5) is 0 Å². The fourth-order valence-electron chi connectivity index (χ4n) is 1.53. The maximum Gasteiger partial charge on any atom is 0.240 e. The number of benzene rings is 1. The standard InChI is InChI=1S/C12H18ClNO2S/c1-12(2,3)8-9-5-6-10(7-11(9)13)17(15,16)14-4/h5-7,14H,8H2,1-4H3. The molecule has 0 amide bonds. The molecule has 0 bridgehead atoms. The molecule has 0 unspecified atom stereocenters. The minimum Gasteiger partial charge on any atom is -0.214 e. The highest BCUT2D eigenvalue weighted by molar-refractivity contribution is 7.89. The van der Waals surface area contributed by atoms with Crippen molar-refractivity contribution in [2.45, 2.75) is 32.1 Å². The summed E-state index contributed by atoms with van der Waals surface area (Å²) in [4.78, 5) is 0.197. The van der Waals surface area contributed by atoms with Crippen LogP contribution in [0.3, 0.4) is 0 Å². The van der Waals surface area contributed by atoms with Crippen LogP contribution < -0.4 is 4.72 Å². The van der Waals surface area contributed by atoms with Crippen molar-refractivity contribution in [1.82, 2.24) is 4.72 Å². The lowest BCUT2D eigenvalue weighted by Gasteiger charge is -2.19. The van der Waals surface area contributed by atoms with Crippen molar-refractivity contribution in [3.8, 4) is 0 Å². The highest BCUT2D eigenvalue weighted by atomic mass is 35.5. The van der Waals surface area contributed by atoms with Gasteiger partial charge >= 0.3 is 0 Å². The maximum atomic E-state index is 11.6. The Morgan fingerprint density at radius 3 is 2.29 bits per heavy atom. The number of sulfonamides is 1. The summed E-state index contributed by atoms with van der Waals surface area (Å²) in [6.07, 6.45) is 0.811. The summed E-state index contributed by atoms with van der Waals surface area (Å²) in [5, 5.41) is 0.497. The average molecular weight is 276 g/mol. The van der Waals surface area contributed by atoms with Crippen molar-refractivity contribution in [2.24, 2.45) is 5.41 Å². The molecule has 17 heavy (non-hydrogen) atoms. The summed E-state index contributed by atoms with van der Waals surface area (Å²) < 4.78 is 25.4. The Balaban J connectivity index is 3.11. The first-order valence-electron chi connectivity index (χ1n) is 5.38. The number of hydrogen-bond acceptors (Lipinski definition) is 2. The molecule has 5 heteroatoms. The Hall–Kier alpha value is -0.580. The molecule has 0 fully saturated rings. The van der Waals surface area contributed by atoms with Crippen LogP contribution in [0.2, 0.25) is 5.02 Å². The normalized spacial score (nSPS) is 12.8. The Morgan fingerprint density at radius 1 is 1.29 bits per heavy atom. The summed E-state index contributed by atoms with van der Waals surface area (Å²) in [6, 6.07) is 4.85. The molecule has 0 aliphatic heterocycles. The van der Waals surface area contributed by atoms with Crippen LogP contribution in [0, 0.1) is 5.41 Å². The summed E-state index contributed by atoms with van der Waals surface area (Å²) in [7, 11) is -2.03. The highest BCUT2D eigenvalue weighted by Gasteiger charge is 2.17. The zero-order valence-electron chi connectivity index (χ0n) is 10.5. The van der Waals surface area contributed by atoms with E-state index in [1.807, 2.05) is 0 Å². The molecular weight excluding hydrogens is 258 g/mol. The molecule has 0 aliphatic carbocycles. The van der Waals surface area contributed by atoms with Crippen molar-refractivity contribution in [3.63, 3.8) is 0 Å². The van der Waals surface area contributed by atoms with E-state index in [0.717, 1.165) is 12.0 Å². The number of rotatable bonds is 3. The van der Waals surface area contributed by atoms with Crippen molar-refractivity contribution in [1.29, 1.82) is 0 Å². The van der Waals surface area contributed by atoms with Gasteiger partial charge < -0.3 is 0 Å². The minimum absolute atomic E-state index is 0.118. The van der Waals surface area contributed by atoms with Gasteiger partial charge in [0.15, 0.2) is 0 Å². The predicted molar refractivity (Wildman–Crippen MR) is 70.9 cm³/mol. The van der Waals surface area contributed by atoms with Gasteiger partial charge in [-0.1, -0.05) is 38.4 Å². The second-order valence-corrected chi connectivity index (χ2v) is 7.49.